The molecule has 5 nitrogen and oxygen atoms in total. The van der Waals surface area contributed by atoms with E-state index in [1.807, 2.05) is 30.5 Å². The van der Waals surface area contributed by atoms with E-state index in [0.29, 0.717) is 6.42 Å². The molecule has 0 spiro atoms. The van der Waals surface area contributed by atoms with Crippen LogP contribution in [0.1, 0.15) is 31.7 Å². The molecule has 2 N–H and O–H groups in total. The van der Waals surface area contributed by atoms with Gasteiger partial charge in [-0.25, -0.2) is 0 Å². The first-order valence-electron chi connectivity index (χ1n) is 7.68. The molecule has 22 heavy (non-hydrogen) atoms. The first kappa shape index (κ1) is 14.6. The van der Waals surface area contributed by atoms with Crippen LogP contribution in [0.4, 0.5) is 0 Å². The summed E-state index contributed by atoms with van der Waals surface area (Å²) in [6.45, 7) is 1.61. The summed E-state index contributed by atoms with van der Waals surface area (Å²) < 4.78 is 5.19. The van der Waals surface area contributed by atoms with Crippen molar-refractivity contribution in [3.05, 3.63) is 36.0 Å². The summed E-state index contributed by atoms with van der Waals surface area (Å²) in [5.41, 5.74) is 2.14. The Kier molecular flexibility index (Phi) is 4.13. The third-order valence-corrected chi connectivity index (χ3v) is 3.87. The molecule has 1 saturated carbocycles. The van der Waals surface area contributed by atoms with Crippen LogP contribution in [0.25, 0.3) is 10.9 Å². The van der Waals surface area contributed by atoms with Gasteiger partial charge in [0, 0.05) is 29.6 Å². The Balaban J connectivity index is 1.50. The van der Waals surface area contributed by atoms with Gasteiger partial charge in [0.15, 0.2) is 6.10 Å². The number of aryl methyl sites for hydroxylation is 1. The molecule has 1 fully saturated rings. The third kappa shape index (κ3) is 3.47. The highest BCUT2D eigenvalue weighted by atomic mass is 16.5. The zero-order chi connectivity index (χ0) is 15.5. The molecule has 0 radical (unpaired) electrons. The second-order valence-corrected chi connectivity index (χ2v) is 5.77. The largest absolute Gasteiger partial charge is 0.453 e. The lowest BCUT2D eigenvalue weighted by Gasteiger charge is -2.13. The first-order valence-corrected chi connectivity index (χ1v) is 7.68. The molecule has 2 aromatic rings. The van der Waals surface area contributed by atoms with Crippen molar-refractivity contribution in [2.75, 3.05) is 0 Å². The van der Waals surface area contributed by atoms with E-state index in [-0.39, 0.29) is 24.3 Å². The molecule has 1 aromatic heterocycles. The molecule has 0 aliphatic heterocycles. The fourth-order valence-corrected chi connectivity index (χ4v) is 2.43. The van der Waals surface area contributed by atoms with Gasteiger partial charge in [-0.2, -0.15) is 0 Å². The normalized spacial score (nSPS) is 15.5. The van der Waals surface area contributed by atoms with Gasteiger partial charge in [-0.15, -0.1) is 0 Å². The van der Waals surface area contributed by atoms with Crippen LogP contribution in [0.3, 0.4) is 0 Å². The highest BCUT2D eigenvalue weighted by Gasteiger charge is 2.27. The zero-order valence-corrected chi connectivity index (χ0v) is 12.6. The minimum Gasteiger partial charge on any atom is -0.453 e. The molecule has 0 unspecified atom stereocenters. The van der Waals surface area contributed by atoms with Gasteiger partial charge >= 0.3 is 5.97 Å². The van der Waals surface area contributed by atoms with Gasteiger partial charge in [0.2, 0.25) is 0 Å². The molecule has 1 amide bonds. The van der Waals surface area contributed by atoms with Gasteiger partial charge in [0.05, 0.1) is 0 Å². The highest BCUT2D eigenvalue weighted by molar-refractivity contribution is 5.85. The molecule has 1 aliphatic rings. The summed E-state index contributed by atoms with van der Waals surface area (Å²) in [4.78, 5) is 26.8. The summed E-state index contributed by atoms with van der Waals surface area (Å²) in [5.74, 6) is -0.549. The SMILES string of the molecule is C[C@H](OC(=O)CCc1c[nH]c2ccccc12)C(=O)NC1CC1. The number of benzene rings is 1. The van der Waals surface area contributed by atoms with Crippen LogP contribution in [0.15, 0.2) is 30.5 Å². The smallest absolute Gasteiger partial charge is 0.306 e. The number of carbonyl (C=O) groups excluding carboxylic acids is 2. The molecule has 1 heterocycles. The zero-order valence-electron chi connectivity index (χ0n) is 12.6. The minimum atomic E-state index is -0.726. The number of carbonyl (C=O) groups is 2. The first-order chi connectivity index (χ1) is 10.6. The average Bonchev–Trinajstić information content (AvgIpc) is 3.23. The predicted molar refractivity (Wildman–Crippen MR) is 83.3 cm³/mol. The molecule has 0 bridgehead atoms. The van der Waals surface area contributed by atoms with Crippen molar-refractivity contribution in [1.29, 1.82) is 0 Å². The van der Waals surface area contributed by atoms with Gasteiger partial charge in [-0.1, -0.05) is 18.2 Å². The van der Waals surface area contributed by atoms with Crippen molar-refractivity contribution < 1.29 is 14.3 Å². The second kappa shape index (κ2) is 6.22. The number of hydrogen-bond donors (Lipinski definition) is 2. The van der Waals surface area contributed by atoms with E-state index >= 15 is 0 Å². The number of rotatable bonds is 6. The Labute approximate surface area is 129 Å². The van der Waals surface area contributed by atoms with Crippen molar-refractivity contribution in [3.8, 4) is 0 Å². The van der Waals surface area contributed by atoms with E-state index in [1.165, 1.54) is 0 Å². The Bertz CT molecular complexity index is 688. The van der Waals surface area contributed by atoms with E-state index < -0.39 is 6.10 Å². The van der Waals surface area contributed by atoms with Gasteiger partial charge in [-0.3, -0.25) is 9.59 Å². The summed E-state index contributed by atoms with van der Waals surface area (Å²) >= 11 is 0. The number of amides is 1. The number of para-hydroxylation sites is 1. The molecule has 1 aliphatic carbocycles. The molecule has 0 saturated heterocycles. The minimum absolute atomic E-state index is 0.206. The summed E-state index contributed by atoms with van der Waals surface area (Å²) in [7, 11) is 0. The van der Waals surface area contributed by atoms with Gasteiger partial charge in [-0.05, 0) is 37.8 Å². The number of esters is 1. The highest BCUT2D eigenvalue weighted by Crippen LogP contribution is 2.20. The predicted octanol–water partition coefficient (Wildman–Crippen LogP) is 2.31. The number of hydrogen-bond acceptors (Lipinski definition) is 3. The summed E-state index contributed by atoms with van der Waals surface area (Å²) in [5, 5.41) is 3.95. The number of aromatic nitrogens is 1. The fraction of sp³-hybridized carbons (Fsp3) is 0.412. The van der Waals surface area contributed by atoms with Crippen LogP contribution in [0.2, 0.25) is 0 Å². The standard InChI is InChI=1S/C17H20N2O3/c1-11(17(21)19-13-7-8-13)22-16(20)9-6-12-10-18-15-5-3-2-4-14(12)15/h2-5,10-11,13,18H,6-9H2,1H3,(H,19,21)/t11-/m0/s1. The lowest BCUT2D eigenvalue weighted by molar-refractivity contribution is -0.154. The molecule has 116 valence electrons. The molecular formula is C17H20N2O3. The number of nitrogens with one attached hydrogen (secondary N) is 2. The molecular weight excluding hydrogens is 280 g/mol. The molecule has 3 rings (SSSR count). The van der Waals surface area contributed by atoms with Crippen molar-refractivity contribution in [1.82, 2.24) is 10.3 Å². The fourth-order valence-electron chi connectivity index (χ4n) is 2.43. The number of aromatic amines is 1. The van der Waals surface area contributed by atoms with E-state index in [4.69, 9.17) is 4.74 Å². The van der Waals surface area contributed by atoms with Gasteiger partial charge < -0.3 is 15.0 Å². The topological polar surface area (TPSA) is 71.2 Å². The van der Waals surface area contributed by atoms with Crippen molar-refractivity contribution >= 4 is 22.8 Å². The quantitative estimate of drug-likeness (QED) is 0.804. The number of H-pyrrole nitrogens is 1. The maximum absolute atomic E-state index is 11.9. The Morgan fingerprint density at radius 2 is 2.14 bits per heavy atom. The third-order valence-electron chi connectivity index (χ3n) is 3.87. The van der Waals surface area contributed by atoms with E-state index in [9.17, 15) is 9.59 Å². The van der Waals surface area contributed by atoms with Crippen molar-refractivity contribution in [3.63, 3.8) is 0 Å². The Hall–Kier alpha value is -2.30. The Morgan fingerprint density at radius 1 is 1.36 bits per heavy atom. The molecule has 1 atom stereocenters. The van der Waals surface area contributed by atoms with Crippen LogP contribution in [0.5, 0.6) is 0 Å². The lowest BCUT2D eigenvalue weighted by atomic mass is 10.1. The van der Waals surface area contributed by atoms with Crippen molar-refractivity contribution in [2.45, 2.75) is 44.8 Å². The Morgan fingerprint density at radius 3 is 2.91 bits per heavy atom. The van der Waals surface area contributed by atoms with E-state index in [1.54, 1.807) is 6.92 Å². The summed E-state index contributed by atoms with van der Waals surface area (Å²) in [6.07, 6.45) is 4.10. The monoisotopic (exact) mass is 300 g/mol. The van der Waals surface area contributed by atoms with E-state index in [2.05, 4.69) is 10.3 Å². The van der Waals surface area contributed by atoms with Crippen LogP contribution >= 0.6 is 0 Å². The summed E-state index contributed by atoms with van der Waals surface area (Å²) in [6, 6.07) is 8.25. The number of fused-ring (bicyclic) bond motifs is 1. The van der Waals surface area contributed by atoms with Crippen LogP contribution in [-0.4, -0.2) is 29.0 Å². The molecule has 5 heteroatoms. The van der Waals surface area contributed by atoms with Crippen LogP contribution in [-0.2, 0) is 20.7 Å². The average molecular weight is 300 g/mol. The number of ether oxygens (including phenoxy) is 1. The second-order valence-electron chi connectivity index (χ2n) is 5.77. The maximum Gasteiger partial charge on any atom is 0.306 e. The lowest BCUT2D eigenvalue weighted by Crippen LogP contribution is -2.37. The molecule has 1 aromatic carbocycles. The maximum atomic E-state index is 11.9. The van der Waals surface area contributed by atoms with Crippen LogP contribution in [0, 0.1) is 0 Å². The van der Waals surface area contributed by atoms with E-state index in [0.717, 1.165) is 29.3 Å². The van der Waals surface area contributed by atoms with Crippen molar-refractivity contribution in [2.24, 2.45) is 0 Å². The van der Waals surface area contributed by atoms with Gasteiger partial charge in [0.1, 0.15) is 0 Å². The van der Waals surface area contributed by atoms with Crippen LogP contribution < -0.4 is 5.32 Å². The van der Waals surface area contributed by atoms with Gasteiger partial charge in [0.25, 0.3) is 5.91 Å².